The van der Waals surface area contributed by atoms with Crippen LogP contribution in [0, 0.1) is 5.21 Å². The van der Waals surface area contributed by atoms with Crippen LogP contribution >= 0.6 is 0 Å². The number of hydrogen-bond acceptors (Lipinski definition) is 3. The van der Waals surface area contributed by atoms with Gasteiger partial charge in [0.25, 0.3) is 0 Å². The minimum atomic E-state index is 0.170. The summed E-state index contributed by atoms with van der Waals surface area (Å²) < 4.78 is 0. The molecule has 0 spiro atoms. The van der Waals surface area contributed by atoms with Crippen molar-refractivity contribution in [2.45, 2.75) is 0 Å². The third kappa shape index (κ3) is 3.00. The minimum Gasteiger partial charge on any atom is -0.628 e. The van der Waals surface area contributed by atoms with Gasteiger partial charge in [0.2, 0.25) is 0 Å². The monoisotopic (exact) mass is 145 g/mol. The molecule has 6 heteroatoms. The van der Waals surface area contributed by atoms with E-state index >= 15 is 0 Å². The molecule has 6 nitrogen and oxygen atoms in total. The Hall–Kier alpha value is -1.14. The van der Waals surface area contributed by atoms with E-state index in [0.717, 1.165) is 0 Å². The van der Waals surface area contributed by atoms with Crippen LogP contribution in [0.2, 0.25) is 0 Å². The van der Waals surface area contributed by atoms with Crippen LogP contribution in [-0.4, -0.2) is 26.0 Å². The predicted molar refractivity (Wildman–Crippen MR) is 39.3 cm³/mol. The van der Waals surface area contributed by atoms with Crippen LogP contribution in [0.15, 0.2) is 9.98 Å². The molecule has 58 valence electrons. The number of rotatable bonds is 0. The molecule has 0 bridgehead atoms. The first-order chi connectivity index (χ1) is 4.74. The number of aliphatic imine (C=N–C) groups is 2. The van der Waals surface area contributed by atoms with Gasteiger partial charge in [-0.1, -0.05) is 0 Å². The molecule has 0 saturated heterocycles. The van der Waals surface area contributed by atoms with Gasteiger partial charge in [0.15, 0.2) is 5.96 Å². The van der Waals surface area contributed by atoms with Crippen LogP contribution in [0.5, 0.6) is 0 Å². The lowest BCUT2D eigenvalue weighted by atomic mass is 10.8. The summed E-state index contributed by atoms with van der Waals surface area (Å²) in [4.78, 5) is 7.14. The van der Waals surface area contributed by atoms with E-state index in [1.165, 1.54) is 14.1 Å². The SMILES string of the molecule is CN=C(N)NC(=NC)[NH2+][O-]. The van der Waals surface area contributed by atoms with Gasteiger partial charge in [-0.2, -0.15) is 0 Å². The smallest absolute Gasteiger partial charge is 0.300 e. The van der Waals surface area contributed by atoms with Crippen molar-refractivity contribution < 1.29 is 5.48 Å². The number of quaternary nitrogens is 1. The van der Waals surface area contributed by atoms with Gasteiger partial charge < -0.3 is 16.4 Å². The number of nitrogens with two attached hydrogens (primary N) is 2. The van der Waals surface area contributed by atoms with Gasteiger partial charge in [-0.05, 0) is 0 Å². The molecule has 0 fully saturated rings. The third-order valence-electron chi connectivity index (χ3n) is 0.850. The normalized spacial score (nSPS) is 13.5. The van der Waals surface area contributed by atoms with Crippen molar-refractivity contribution in [2.75, 3.05) is 14.1 Å². The molecule has 0 aliphatic heterocycles. The standard InChI is InChI=1S/C4H11N5O/c1-6-3(5)8-4(7-2)9-10/h9H2,1-2H3,(H3,5,6,7,8). The predicted octanol–water partition coefficient (Wildman–Crippen LogP) is -2.43. The van der Waals surface area contributed by atoms with Crippen molar-refractivity contribution in [1.82, 2.24) is 5.32 Å². The Bertz CT molecular complexity index is 152. The first kappa shape index (κ1) is 8.86. The lowest BCUT2D eigenvalue weighted by molar-refractivity contribution is -0.466. The van der Waals surface area contributed by atoms with Crippen LogP contribution in [0.25, 0.3) is 0 Å². The molecule has 0 aromatic carbocycles. The average molecular weight is 145 g/mol. The van der Waals surface area contributed by atoms with Crippen molar-refractivity contribution in [3.8, 4) is 0 Å². The fourth-order valence-corrected chi connectivity index (χ4v) is 0.325. The summed E-state index contributed by atoms with van der Waals surface area (Å²) in [7, 11) is 3.00. The summed E-state index contributed by atoms with van der Waals surface area (Å²) in [6.07, 6.45) is 0. The maximum Gasteiger partial charge on any atom is 0.300 e. The Morgan fingerprint density at radius 2 is 2.10 bits per heavy atom. The van der Waals surface area contributed by atoms with Crippen LogP contribution in [0.3, 0.4) is 0 Å². The Kier molecular flexibility index (Phi) is 4.17. The van der Waals surface area contributed by atoms with E-state index in [9.17, 15) is 5.21 Å². The Morgan fingerprint density at radius 1 is 1.50 bits per heavy atom. The molecular formula is C4H11N5O. The highest BCUT2D eigenvalue weighted by molar-refractivity contribution is 5.93. The fourth-order valence-electron chi connectivity index (χ4n) is 0.325. The van der Waals surface area contributed by atoms with E-state index < -0.39 is 0 Å². The zero-order valence-electron chi connectivity index (χ0n) is 5.96. The topological polar surface area (TPSA) is 102 Å². The summed E-state index contributed by atoms with van der Waals surface area (Å²) >= 11 is 0. The van der Waals surface area contributed by atoms with Gasteiger partial charge in [0, 0.05) is 14.1 Å². The highest BCUT2D eigenvalue weighted by atomic mass is 16.5. The van der Waals surface area contributed by atoms with Gasteiger partial charge in [-0.15, -0.1) is 0 Å². The average Bonchev–Trinajstić information content (AvgIpc) is 1.99. The number of guanidine groups is 2. The van der Waals surface area contributed by atoms with Gasteiger partial charge in [0.05, 0.1) is 0 Å². The number of nitrogens with zero attached hydrogens (tertiary/aromatic N) is 2. The van der Waals surface area contributed by atoms with Crippen LogP contribution < -0.4 is 16.5 Å². The van der Waals surface area contributed by atoms with Crippen molar-refractivity contribution in [3.05, 3.63) is 5.21 Å². The van der Waals surface area contributed by atoms with Crippen LogP contribution in [0.1, 0.15) is 0 Å². The molecular weight excluding hydrogens is 134 g/mol. The zero-order valence-corrected chi connectivity index (χ0v) is 5.96. The van der Waals surface area contributed by atoms with E-state index in [0.29, 0.717) is 5.48 Å². The number of hydrogen-bond donors (Lipinski definition) is 3. The van der Waals surface area contributed by atoms with E-state index in [2.05, 4.69) is 15.3 Å². The highest BCUT2D eigenvalue weighted by Gasteiger charge is 1.95. The van der Waals surface area contributed by atoms with Crippen LogP contribution in [0.4, 0.5) is 0 Å². The summed E-state index contributed by atoms with van der Waals surface area (Å²) in [6, 6.07) is 0. The van der Waals surface area contributed by atoms with E-state index in [1.54, 1.807) is 0 Å². The quantitative estimate of drug-likeness (QED) is 0.200. The third-order valence-corrected chi connectivity index (χ3v) is 0.850. The highest BCUT2D eigenvalue weighted by Crippen LogP contribution is 1.58. The van der Waals surface area contributed by atoms with Crippen molar-refractivity contribution >= 4 is 11.9 Å². The summed E-state index contributed by atoms with van der Waals surface area (Å²) in [5.41, 5.74) is 5.79. The van der Waals surface area contributed by atoms with E-state index in [4.69, 9.17) is 5.73 Å². The zero-order chi connectivity index (χ0) is 7.98. The first-order valence-electron chi connectivity index (χ1n) is 2.65. The summed E-state index contributed by atoms with van der Waals surface area (Å²) in [5, 5.41) is 12.6. The molecule has 0 aromatic rings. The Morgan fingerprint density at radius 3 is 2.40 bits per heavy atom. The second-order valence-corrected chi connectivity index (χ2v) is 1.46. The second-order valence-electron chi connectivity index (χ2n) is 1.46. The van der Waals surface area contributed by atoms with Crippen molar-refractivity contribution in [2.24, 2.45) is 15.7 Å². The lowest BCUT2D eigenvalue weighted by Crippen LogP contribution is -2.86. The molecule has 0 amide bonds. The molecule has 0 saturated carbocycles. The number of hydroxylamine groups is 1. The van der Waals surface area contributed by atoms with E-state index in [1.807, 2.05) is 0 Å². The largest absolute Gasteiger partial charge is 0.628 e. The van der Waals surface area contributed by atoms with Gasteiger partial charge >= 0.3 is 5.96 Å². The molecule has 0 aliphatic rings. The summed E-state index contributed by atoms with van der Waals surface area (Å²) in [5.74, 6) is 0.343. The molecule has 0 unspecified atom stereocenters. The molecule has 0 aliphatic carbocycles. The molecule has 0 radical (unpaired) electrons. The fraction of sp³-hybridized carbons (Fsp3) is 0.500. The van der Waals surface area contributed by atoms with Gasteiger partial charge in [-0.3, -0.25) is 10.3 Å². The Labute approximate surface area is 58.8 Å². The van der Waals surface area contributed by atoms with Crippen molar-refractivity contribution in [3.63, 3.8) is 0 Å². The van der Waals surface area contributed by atoms with Gasteiger partial charge in [0.1, 0.15) is 0 Å². The molecule has 0 heterocycles. The maximum absolute atomic E-state index is 10.1. The number of nitrogens with one attached hydrogen (secondary N) is 1. The van der Waals surface area contributed by atoms with Crippen molar-refractivity contribution in [1.29, 1.82) is 0 Å². The minimum absolute atomic E-state index is 0.170. The van der Waals surface area contributed by atoms with Gasteiger partial charge in [-0.25, -0.2) is 4.99 Å². The van der Waals surface area contributed by atoms with E-state index in [-0.39, 0.29) is 11.9 Å². The molecule has 0 rings (SSSR count). The summed E-state index contributed by atoms with van der Waals surface area (Å²) in [6.45, 7) is 0. The first-order valence-corrected chi connectivity index (χ1v) is 2.65. The molecule has 0 aromatic heterocycles. The second kappa shape index (κ2) is 4.71. The molecule has 0 atom stereocenters. The Balaban J connectivity index is 3.88. The molecule has 10 heavy (non-hydrogen) atoms. The molecule has 5 N–H and O–H groups in total. The van der Waals surface area contributed by atoms with Crippen LogP contribution in [-0.2, 0) is 0 Å². The maximum atomic E-state index is 10.1. The lowest BCUT2D eigenvalue weighted by Gasteiger charge is -2.05.